The second-order valence-electron chi connectivity index (χ2n) is 5.27. The quantitative estimate of drug-likeness (QED) is 0.849. The van der Waals surface area contributed by atoms with Crippen molar-refractivity contribution in [1.29, 1.82) is 0 Å². The molecule has 0 aromatic heterocycles. The topological polar surface area (TPSA) is 63.7 Å². The number of carbonyl (C=O) groups is 1. The van der Waals surface area contributed by atoms with Crippen LogP contribution in [0.15, 0.2) is 29.2 Å². The molecule has 21 heavy (non-hydrogen) atoms. The number of rotatable bonds is 4. The van der Waals surface area contributed by atoms with Crippen LogP contribution in [0.1, 0.15) is 30.1 Å². The van der Waals surface area contributed by atoms with Gasteiger partial charge in [-0.25, -0.2) is 8.42 Å². The molecule has 5 nitrogen and oxygen atoms in total. The highest BCUT2D eigenvalue weighted by atomic mass is 32.2. The third-order valence-corrected chi connectivity index (χ3v) is 4.73. The molecule has 1 aliphatic heterocycles. The Morgan fingerprint density at radius 3 is 2.57 bits per heavy atom. The van der Waals surface area contributed by atoms with E-state index in [-0.39, 0.29) is 16.9 Å². The summed E-state index contributed by atoms with van der Waals surface area (Å²) in [6.07, 6.45) is 3.16. The fraction of sp³-hybridized carbons (Fsp3) is 0.533. The van der Waals surface area contributed by atoms with Gasteiger partial charge in [0.05, 0.1) is 11.0 Å². The van der Waals surface area contributed by atoms with Crippen molar-refractivity contribution in [1.82, 2.24) is 4.90 Å². The average Bonchev–Trinajstić information content (AvgIpc) is 2.46. The Morgan fingerprint density at radius 2 is 2.00 bits per heavy atom. The maximum absolute atomic E-state index is 12.4. The fourth-order valence-electron chi connectivity index (χ4n) is 2.52. The lowest BCUT2D eigenvalue weighted by atomic mass is 10.1. The zero-order valence-electron chi connectivity index (χ0n) is 12.4. The molecule has 1 heterocycles. The molecule has 0 aliphatic carbocycles. The van der Waals surface area contributed by atoms with E-state index in [4.69, 9.17) is 4.74 Å². The van der Waals surface area contributed by atoms with Gasteiger partial charge in [-0.05, 0) is 44.0 Å². The first-order valence-electron chi connectivity index (χ1n) is 7.13. The van der Waals surface area contributed by atoms with Crippen molar-refractivity contribution in [2.75, 3.05) is 26.0 Å². The van der Waals surface area contributed by atoms with E-state index >= 15 is 0 Å². The number of benzene rings is 1. The Kier molecular flexibility index (Phi) is 5.00. The number of carbonyl (C=O) groups excluding carboxylic acids is 1. The molecular weight excluding hydrogens is 290 g/mol. The van der Waals surface area contributed by atoms with Crippen molar-refractivity contribution in [3.05, 3.63) is 29.8 Å². The Labute approximate surface area is 125 Å². The van der Waals surface area contributed by atoms with Gasteiger partial charge in [0, 0.05) is 31.5 Å². The number of likely N-dealkylation sites (tertiary alicyclic amines) is 1. The van der Waals surface area contributed by atoms with Gasteiger partial charge in [-0.15, -0.1) is 0 Å². The molecule has 0 N–H and O–H groups in total. The van der Waals surface area contributed by atoms with Crippen LogP contribution in [0.25, 0.3) is 0 Å². The van der Waals surface area contributed by atoms with E-state index in [1.807, 2.05) is 6.92 Å². The molecule has 6 heteroatoms. The molecule has 1 fully saturated rings. The molecule has 1 aliphatic rings. The van der Waals surface area contributed by atoms with Gasteiger partial charge in [0.25, 0.3) is 5.91 Å². The van der Waals surface area contributed by atoms with E-state index in [1.54, 1.807) is 17.0 Å². The summed E-state index contributed by atoms with van der Waals surface area (Å²) >= 11 is 0. The number of amides is 1. The SMILES string of the molecule is CCOC1CCCN(C(=O)c2ccc(S(C)(=O)=O)cc2)C1. The van der Waals surface area contributed by atoms with Crippen LogP contribution < -0.4 is 0 Å². The van der Waals surface area contributed by atoms with E-state index in [1.165, 1.54) is 12.1 Å². The molecule has 116 valence electrons. The highest BCUT2D eigenvalue weighted by Crippen LogP contribution is 2.17. The molecule has 1 unspecified atom stereocenters. The van der Waals surface area contributed by atoms with Crippen molar-refractivity contribution in [3.63, 3.8) is 0 Å². The molecular formula is C15H21NO4S. The van der Waals surface area contributed by atoms with Gasteiger partial charge < -0.3 is 9.64 Å². The van der Waals surface area contributed by atoms with Crippen LogP contribution in [0.4, 0.5) is 0 Å². The number of ether oxygens (including phenoxy) is 1. The van der Waals surface area contributed by atoms with E-state index in [2.05, 4.69) is 0 Å². The summed E-state index contributed by atoms with van der Waals surface area (Å²) < 4.78 is 28.4. The third-order valence-electron chi connectivity index (χ3n) is 3.60. The summed E-state index contributed by atoms with van der Waals surface area (Å²) in [5.74, 6) is -0.0699. The summed E-state index contributed by atoms with van der Waals surface area (Å²) in [6.45, 7) is 3.91. The predicted molar refractivity (Wildman–Crippen MR) is 80.1 cm³/mol. The van der Waals surface area contributed by atoms with Crippen LogP contribution in [-0.4, -0.2) is 51.3 Å². The standard InChI is InChI=1S/C15H21NO4S/c1-3-20-13-5-4-10-16(11-13)15(17)12-6-8-14(9-7-12)21(2,18)19/h6-9,13H,3-5,10-11H2,1-2H3. The summed E-state index contributed by atoms with van der Waals surface area (Å²) in [5.41, 5.74) is 0.513. The normalized spacial score (nSPS) is 19.5. The van der Waals surface area contributed by atoms with E-state index in [9.17, 15) is 13.2 Å². The van der Waals surface area contributed by atoms with Crippen LogP contribution in [0.3, 0.4) is 0 Å². The number of hydrogen-bond acceptors (Lipinski definition) is 4. The number of hydrogen-bond donors (Lipinski definition) is 0. The Hall–Kier alpha value is -1.40. The molecule has 1 atom stereocenters. The Morgan fingerprint density at radius 1 is 1.33 bits per heavy atom. The molecule has 0 radical (unpaired) electrons. The molecule has 0 bridgehead atoms. The van der Waals surface area contributed by atoms with E-state index < -0.39 is 9.84 Å². The van der Waals surface area contributed by atoms with E-state index in [0.717, 1.165) is 25.6 Å². The lowest BCUT2D eigenvalue weighted by Crippen LogP contribution is -2.43. The molecule has 1 saturated heterocycles. The van der Waals surface area contributed by atoms with Gasteiger partial charge in [0.2, 0.25) is 0 Å². The lowest BCUT2D eigenvalue weighted by molar-refractivity contribution is 0.00724. The van der Waals surface area contributed by atoms with Crippen LogP contribution in [0.5, 0.6) is 0 Å². The second kappa shape index (κ2) is 6.58. The minimum absolute atomic E-state index is 0.0699. The first-order chi connectivity index (χ1) is 9.91. The van der Waals surface area contributed by atoms with Crippen molar-refractivity contribution in [3.8, 4) is 0 Å². The van der Waals surface area contributed by atoms with Crippen LogP contribution in [0, 0.1) is 0 Å². The molecule has 0 saturated carbocycles. The summed E-state index contributed by atoms with van der Waals surface area (Å²) in [7, 11) is -3.23. The zero-order chi connectivity index (χ0) is 15.5. The first-order valence-corrected chi connectivity index (χ1v) is 9.02. The molecule has 1 amide bonds. The number of sulfone groups is 1. The highest BCUT2D eigenvalue weighted by molar-refractivity contribution is 7.90. The maximum Gasteiger partial charge on any atom is 0.253 e. The van der Waals surface area contributed by atoms with Gasteiger partial charge in [-0.1, -0.05) is 0 Å². The average molecular weight is 311 g/mol. The van der Waals surface area contributed by atoms with Crippen LogP contribution in [-0.2, 0) is 14.6 Å². The minimum atomic E-state index is -3.23. The lowest BCUT2D eigenvalue weighted by Gasteiger charge is -2.32. The van der Waals surface area contributed by atoms with Gasteiger partial charge >= 0.3 is 0 Å². The van der Waals surface area contributed by atoms with Gasteiger partial charge in [-0.2, -0.15) is 0 Å². The largest absolute Gasteiger partial charge is 0.377 e. The summed E-state index contributed by atoms with van der Waals surface area (Å²) in [4.78, 5) is 14.4. The summed E-state index contributed by atoms with van der Waals surface area (Å²) in [5, 5.41) is 0. The second-order valence-corrected chi connectivity index (χ2v) is 7.28. The monoisotopic (exact) mass is 311 g/mol. The molecule has 0 spiro atoms. The van der Waals surface area contributed by atoms with Gasteiger partial charge in [-0.3, -0.25) is 4.79 Å². The van der Waals surface area contributed by atoms with E-state index in [0.29, 0.717) is 18.7 Å². The fourth-order valence-corrected chi connectivity index (χ4v) is 3.15. The van der Waals surface area contributed by atoms with Crippen molar-refractivity contribution >= 4 is 15.7 Å². The Bertz CT molecular complexity index is 593. The molecule has 1 aromatic rings. The number of piperidine rings is 1. The van der Waals surface area contributed by atoms with Gasteiger partial charge in [0.15, 0.2) is 9.84 Å². The van der Waals surface area contributed by atoms with Crippen LogP contribution in [0.2, 0.25) is 0 Å². The maximum atomic E-state index is 12.4. The predicted octanol–water partition coefficient (Wildman–Crippen LogP) is 1.73. The smallest absolute Gasteiger partial charge is 0.253 e. The molecule has 1 aromatic carbocycles. The highest BCUT2D eigenvalue weighted by Gasteiger charge is 2.24. The number of nitrogens with zero attached hydrogens (tertiary/aromatic N) is 1. The minimum Gasteiger partial charge on any atom is -0.377 e. The van der Waals surface area contributed by atoms with Crippen molar-refractivity contribution in [2.24, 2.45) is 0 Å². The van der Waals surface area contributed by atoms with Crippen molar-refractivity contribution in [2.45, 2.75) is 30.8 Å². The summed E-state index contributed by atoms with van der Waals surface area (Å²) in [6, 6.07) is 6.10. The first kappa shape index (κ1) is 16.0. The van der Waals surface area contributed by atoms with Crippen molar-refractivity contribution < 1.29 is 17.9 Å². The zero-order valence-corrected chi connectivity index (χ0v) is 13.2. The Balaban J connectivity index is 2.09. The third kappa shape index (κ3) is 4.04. The van der Waals surface area contributed by atoms with Crippen LogP contribution >= 0.6 is 0 Å². The van der Waals surface area contributed by atoms with Gasteiger partial charge in [0.1, 0.15) is 0 Å². The molecule has 2 rings (SSSR count).